The van der Waals surface area contributed by atoms with Gasteiger partial charge in [0.25, 0.3) is 0 Å². The molecule has 4 heteroatoms. The minimum absolute atomic E-state index is 0.218. The molecule has 1 aliphatic carbocycles. The lowest BCUT2D eigenvalue weighted by Crippen LogP contribution is -2.36. The van der Waals surface area contributed by atoms with E-state index in [1.54, 1.807) is 6.07 Å². The van der Waals surface area contributed by atoms with Crippen molar-refractivity contribution in [3.8, 4) is 5.75 Å². The Hall–Kier alpha value is -1.52. The van der Waals surface area contributed by atoms with E-state index in [2.05, 4.69) is 4.90 Å². The smallest absolute Gasteiger partial charge is 0.135 e. The quantitative estimate of drug-likeness (QED) is 0.903. The standard InChI is InChI=1S/C20H27NO3/c1-13(22)14-8-10-21(11-9-14)12-16-17(23)6-7-19-20(16)15-4-2-3-5-18(15)24-19/h6-7,13-14,22-23H,2-5,8-12H2,1H3. The van der Waals surface area contributed by atoms with Gasteiger partial charge in [0.15, 0.2) is 0 Å². The monoisotopic (exact) mass is 329 g/mol. The van der Waals surface area contributed by atoms with Gasteiger partial charge in [0, 0.05) is 29.5 Å². The van der Waals surface area contributed by atoms with Crippen LogP contribution in [0.1, 0.15) is 49.5 Å². The molecule has 1 unspecified atom stereocenters. The summed E-state index contributed by atoms with van der Waals surface area (Å²) < 4.78 is 6.06. The number of fused-ring (bicyclic) bond motifs is 3. The zero-order chi connectivity index (χ0) is 16.7. The molecular formula is C20H27NO3. The van der Waals surface area contributed by atoms with Crippen molar-refractivity contribution in [1.29, 1.82) is 0 Å². The normalized spacial score (nSPS) is 21.1. The summed E-state index contributed by atoms with van der Waals surface area (Å²) in [5.41, 5.74) is 3.27. The van der Waals surface area contributed by atoms with E-state index in [-0.39, 0.29) is 6.10 Å². The summed E-state index contributed by atoms with van der Waals surface area (Å²) in [4.78, 5) is 2.40. The zero-order valence-corrected chi connectivity index (χ0v) is 14.4. The molecule has 4 rings (SSSR count). The third-order valence-electron chi connectivity index (χ3n) is 5.90. The van der Waals surface area contributed by atoms with Crippen LogP contribution in [-0.2, 0) is 19.4 Å². The van der Waals surface area contributed by atoms with E-state index in [0.29, 0.717) is 11.7 Å². The summed E-state index contributed by atoms with van der Waals surface area (Å²) in [6, 6.07) is 3.68. The fourth-order valence-electron chi connectivity index (χ4n) is 4.40. The molecule has 1 aromatic carbocycles. The predicted octanol–water partition coefficient (Wildman–Crippen LogP) is 3.61. The van der Waals surface area contributed by atoms with Gasteiger partial charge < -0.3 is 14.6 Å². The van der Waals surface area contributed by atoms with Gasteiger partial charge in [0.2, 0.25) is 0 Å². The first-order chi connectivity index (χ1) is 11.6. The number of piperidine rings is 1. The molecule has 1 aromatic heterocycles. The number of rotatable bonds is 3. The van der Waals surface area contributed by atoms with Crippen LogP contribution in [0.2, 0.25) is 0 Å². The van der Waals surface area contributed by atoms with E-state index in [1.165, 1.54) is 18.4 Å². The molecule has 2 heterocycles. The Morgan fingerprint density at radius 1 is 1.21 bits per heavy atom. The fourth-order valence-corrected chi connectivity index (χ4v) is 4.40. The van der Waals surface area contributed by atoms with Crippen LogP contribution in [0.5, 0.6) is 5.75 Å². The van der Waals surface area contributed by atoms with Gasteiger partial charge in [-0.3, -0.25) is 4.90 Å². The van der Waals surface area contributed by atoms with Gasteiger partial charge in [-0.05, 0) is 70.2 Å². The number of likely N-dealkylation sites (tertiary alicyclic amines) is 1. The molecule has 0 radical (unpaired) electrons. The maximum absolute atomic E-state index is 10.5. The van der Waals surface area contributed by atoms with Crippen LogP contribution < -0.4 is 0 Å². The number of nitrogens with zero attached hydrogens (tertiary/aromatic N) is 1. The minimum atomic E-state index is -0.218. The van der Waals surface area contributed by atoms with Crippen LogP contribution in [0, 0.1) is 5.92 Å². The minimum Gasteiger partial charge on any atom is -0.508 e. The van der Waals surface area contributed by atoms with Gasteiger partial charge >= 0.3 is 0 Å². The molecule has 130 valence electrons. The zero-order valence-electron chi connectivity index (χ0n) is 14.4. The van der Waals surface area contributed by atoms with Gasteiger partial charge in [-0.15, -0.1) is 0 Å². The van der Waals surface area contributed by atoms with E-state index < -0.39 is 0 Å². The number of phenolic OH excluding ortho intramolecular Hbond substituents is 1. The van der Waals surface area contributed by atoms with Crippen LogP contribution in [0.25, 0.3) is 11.0 Å². The average Bonchev–Trinajstić information content (AvgIpc) is 2.97. The number of aliphatic hydroxyl groups is 1. The van der Waals surface area contributed by atoms with Gasteiger partial charge in [0.1, 0.15) is 17.1 Å². The summed E-state index contributed by atoms with van der Waals surface area (Å²) in [5.74, 6) is 1.91. The van der Waals surface area contributed by atoms with E-state index in [0.717, 1.165) is 67.6 Å². The van der Waals surface area contributed by atoms with Crippen molar-refractivity contribution in [2.45, 2.75) is 58.1 Å². The summed E-state index contributed by atoms with van der Waals surface area (Å²) >= 11 is 0. The Balaban J connectivity index is 1.62. The molecule has 0 saturated carbocycles. The molecular weight excluding hydrogens is 302 g/mol. The summed E-state index contributed by atoms with van der Waals surface area (Å²) in [7, 11) is 0. The van der Waals surface area contributed by atoms with Crippen LogP contribution in [0.15, 0.2) is 16.5 Å². The van der Waals surface area contributed by atoms with Crippen molar-refractivity contribution >= 4 is 11.0 Å². The number of aliphatic hydroxyl groups excluding tert-OH is 1. The lowest BCUT2D eigenvalue weighted by molar-refractivity contribution is 0.0694. The van der Waals surface area contributed by atoms with E-state index in [4.69, 9.17) is 4.42 Å². The number of hydrogen-bond acceptors (Lipinski definition) is 4. The molecule has 1 fully saturated rings. The van der Waals surface area contributed by atoms with Crippen molar-refractivity contribution in [1.82, 2.24) is 4.90 Å². The van der Waals surface area contributed by atoms with E-state index in [9.17, 15) is 10.2 Å². The lowest BCUT2D eigenvalue weighted by Gasteiger charge is -2.33. The second kappa shape index (κ2) is 6.41. The van der Waals surface area contributed by atoms with Gasteiger partial charge in [-0.25, -0.2) is 0 Å². The molecule has 24 heavy (non-hydrogen) atoms. The SMILES string of the molecule is CC(O)C1CCN(Cc2c(O)ccc3oc4c(c23)CCCC4)CC1. The highest BCUT2D eigenvalue weighted by Gasteiger charge is 2.26. The molecule has 2 aliphatic rings. The number of furan rings is 1. The van der Waals surface area contributed by atoms with Gasteiger partial charge in [-0.2, -0.15) is 0 Å². The first-order valence-corrected chi connectivity index (χ1v) is 9.29. The lowest BCUT2D eigenvalue weighted by atomic mass is 9.91. The fraction of sp³-hybridized carbons (Fsp3) is 0.600. The Morgan fingerprint density at radius 3 is 2.71 bits per heavy atom. The molecule has 0 bridgehead atoms. The highest BCUT2D eigenvalue weighted by Crippen LogP contribution is 2.38. The van der Waals surface area contributed by atoms with E-state index in [1.807, 2.05) is 13.0 Å². The Kier molecular flexibility index (Phi) is 4.27. The summed E-state index contributed by atoms with van der Waals surface area (Å²) in [5, 5.41) is 21.4. The van der Waals surface area contributed by atoms with Crippen LogP contribution in [0.3, 0.4) is 0 Å². The summed E-state index contributed by atoms with van der Waals surface area (Å²) in [6.45, 7) is 4.61. The second-order valence-corrected chi connectivity index (χ2v) is 7.50. The molecule has 1 atom stereocenters. The number of aromatic hydroxyl groups is 1. The Morgan fingerprint density at radius 2 is 1.96 bits per heavy atom. The number of phenols is 1. The van der Waals surface area contributed by atoms with Crippen LogP contribution >= 0.6 is 0 Å². The number of hydrogen-bond donors (Lipinski definition) is 2. The number of benzene rings is 1. The van der Waals surface area contributed by atoms with Crippen LogP contribution in [0.4, 0.5) is 0 Å². The average molecular weight is 329 g/mol. The predicted molar refractivity (Wildman–Crippen MR) is 94.2 cm³/mol. The molecule has 1 aliphatic heterocycles. The van der Waals surface area contributed by atoms with Crippen molar-refractivity contribution in [3.63, 3.8) is 0 Å². The van der Waals surface area contributed by atoms with Gasteiger partial charge in [-0.1, -0.05) is 0 Å². The second-order valence-electron chi connectivity index (χ2n) is 7.50. The first-order valence-electron chi connectivity index (χ1n) is 9.29. The molecule has 2 aromatic rings. The highest BCUT2D eigenvalue weighted by atomic mass is 16.3. The van der Waals surface area contributed by atoms with Crippen molar-refractivity contribution in [3.05, 3.63) is 29.0 Å². The molecule has 1 saturated heterocycles. The highest BCUT2D eigenvalue weighted by molar-refractivity contribution is 5.88. The van der Waals surface area contributed by atoms with Crippen LogP contribution in [-0.4, -0.2) is 34.3 Å². The maximum atomic E-state index is 10.5. The Labute approximate surface area is 143 Å². The molecule has 0 spiro atoms. The largest absolute Gasteiger partial charge is 0.508 e. The third kappa shape index (κ3) is 2.82. The van der Waals surface area contributed by atoms with Gasteiger partial charge in [0.05, 0.1) is 6.10 Å². The van der Waals surface area contributed by atoms with Crippen molar-refractivity contribution in [2.75, 3.05) is 13.1 Å². The van der Waals surface area contributed by atoms with Crippen molar-refractivity contribution < 1.29 is 14.6 Å². The molecule has 2 N–H and O–H groups in total. The van der Waals surface area contributed by atoms with E-state index >= 15 is 0 Å². The maximum Gasteiger partial charge on any atom is 0.135 e. The Bertz CT molecular complexity index is 726. The number of aryl methyl sites for hydroxylation is 2. The molecule has 0 amide bonds. The third-order valence-corrected chi connectivity index (χ3v) is 5.90. The van der Waals surface area contributed by atoms with Crippen molar-refractivity contribution in [2.24, 2.45) is 5.92 Å². The topological polar surface area (TPSA) is 56.8 Å². The first kappa shape index (κ1) is 16.0. The summed E-state index contributed by atoms with van der Waals surface area (Å²) in [6.07, 6.45) is 6.31. The molecule has 4 nitrogen and oxygen atoms in total.